The lowest BCUT2D eigenvalue weighted by Crippen LogP contribution is -2.30. The molecule has 2 aromatic carbocycles. The molecule has 0 fully saturated rings. The van der Waals surface area contributed by atoms with Crippen molar-refractivity contribution in [3.05, 3.63) is 65.2 Å². The Morgan fingerprint density at radius 1 is 1.00 bits per heavy atom. The summed E-state index contributed by atoms with van der Waals surface area (Å²) >= 11 is 5.70. The molecule has 0 bridgehead atoms. The minimum absolute atomic E-state index is 0.0139. The van der Waals surface area contributed by atoms with Crippen molar-refractivity contribution in [2.75, 3.05) is 0 Å². The largest absolute Gasteiger partial charge is 0.274 e. The van der Waals surface area contributed by atoms with Crippen LogP contribution in [0.4, 0.5) is 0 Å². The van der Waals surface area contributed by atoms with E-state index < -0.39 is 15.9 Å². The van der Waals surface area contributed by atoms with Crippen LogP contribution < -0.4 is 4.72 Å². The lowest BCUT2D eigenvalue weighted by atomic mass is 10.1. The zero-order chi connectivity index (χ0) is 15.3. The minimum Gasteiger partial charge on any atom is -0.274 e. The number of amides is 1. The minimum atomic E-state index is -3.84. The van der Waals surface area contributed by atoms with Gasteiger partial charge in [-0.1, -0.05) is 41.9 Å². The third kappa shape index (κ3) is 4.58. The van der Waals surface area contributed by atoms with Gasteiger partial charge in [0, 0.05) is 11.4 Å². The zero-order valence-corrected chi connectivity index (χ0v) is 12.7. The molecule has 0 aromatic heterocycles. The Kier molecular flexibility index (Phi) is 4.98. The molecule has 2 aromatic rings. The van der Waals surface area contributed by atoms with Gasteiger partial charge >= 0.3 is 0 Å². The standard InChI is InChI=1S/C15H14ClNO3S/c16-13-7-9-14(10-8-13)21(19,20)17-15(18)11-6-12-4-2-1-3-5-12/h1-5,7-10H,6,11H2,(H,17,18). The summed E-state index contributed by atoms with van der Waals surface area (Å²) in [5.41, 5.74) is 0.983. The molecule has 1 N–H and O–H groups in total. The van der Waals surface area contributed by atoms with Crippen LogP contribution >= 0.6 is 11.6 Å². The van der Waals surface area contributed by atoms with E-state index in [0.717, 1.165) is 5.56 Å². The molecule has 0 heterocycles. The van der Waals surface area contributed by atoms with Crippen LogP contribution in [0.25, 0.3) is 0 Å². The highest BCUT2D eigenvalue weighted by Gasteiger charge is 2.17. The predicted octanol–water partition coefficient (Wildman–Crippen LogP) is 2.78. The van der Waals surface area contributed by atoms with Crippen LogP contribution in [0.1, 0.15) is 12.0 Å². The summed E-state index contributed by atoms with van der Waals surface area (Å²) < 4.78 is 26.0. The Hall–Kier alpha value is -1.85. The van der Waals surface area contributed by atoms with Crippen LogP contribution in [0, 0.1) is 0 Å². The summed E-state index contributed by atoms with van der Waals surface area (Å²) in [6, 6.07) is 15.0. The Bertz CT molecular complexity index is 712. The van der Waals surface area contributed by atoms with E-state index in [-0.39, 0.29) is 11.3 Å². The molecule has 0 saturated carbocycles. The van der Waals surface area contributed by atoms with Gasteiger partial charge in [-0.3, -0.25) is 4.79 Å². The number of carbonyl (C=O) groups excluding carboxylic acids is 1. The number of hydrogen-bond donors (Lipinski definition) is 1. The van der Waals surface area contributed by atoms with Crippen molar-refractivity contribution in [2.45, 2.75) is 17.7 Å². The fourth-order valence-corrected chi connectivity index (χ4v) is 2.92. The summed E-state index contributed by atoms with van der Waals surface area (Å²) in [5, 5.41) is 0.435. The van der Waals surface area contributed by atoms with Crippen LogP contribution in [0.3, 0.4) is 0 Å². The van der Waals surface area contributed by atoms with Gasteiger partial charge in [-0.2, -0.15) is 0 Å². The van der Waals surface area contributed by atoms with Gasteiger partial charge in [0.25, 0.3) is 10.0 Å². The van der Waals surface area contributed by atoms with Gasteiger partial charge in [0.2, 0.25) is 5.91 Å². The number of carbonyl (C=O) groups is 1. The molecule has 0 saturated heterocycles. The number of sulfonamides is 1. The van der Waals surface area contributed by atoms with Gasteiger partial charge in [-0.25, -0.2) is 13.1 Å². The quantitative estimate of drug-likeness (QED) is 0.920. The smallest absolute Gasteiger partial charge is 0.264 e. The predicted molar refractivity (Wildman–Crippen MR) is 81.5 cm³/mol. The van der Waals surface area contributed by atoms with E-state index >= 15 is 0 Å². The molecular weight excluding hydrogens is 310 g/mol. The highest BCUT2D eigenvalue weighted by atomic mass is 35.5. The third-order valence-corrected chi connectivity index (χ3v) is 4.50. The first kappa shape index (κ1) is 15.5. The van der Waals surface area contributed by atoms with Gasteiger partial charge < -0.3 is 0 Å². The number of hydrogen-bond acceptors (Lipinski definition) is 3. The van der Waals surface area contributed by atoms with E-state index in [1.54, 1.807) is 0 Å². The maximum Gasteiger partial charge on any atom is 0.264 e. The molecule has 0 spiro atoms. The first-order chi connectivity index (χ1) is 9.97. The number of nitrogens with one attached hydrogen (secondary N) is 1. The zero-order valence-electron chi connectivity index (χ0n) is 11.1. The summed E-state index contributed by atoms with van der Waals surface area (Å²) in [4.78, 5) is 11.8. The van der Waals surface area contributed by atoms with Crippen molar-refractivity contribution in [1.29, 1.82) is 0 Å². The molecule has 0 radical (unpaired) electrons. The van der Waals surface area contributed by atoms with Crippen molar-refractivity contribution < 1.29 is 13.2 Å². The molecule has 21 heavy (non-hydrogen) atoms. The molecule has 4 nitrogen and oxygen atoms in total. The van der Waals surface area contributed by atoms with Crippen molar-refractivity contribution in [1.82, 2.24) is 4.72 Å². The normalized spacial score (nSPS) is 11.1. The van der Waals surface area contributed by atoms with E-state index in [2.05, 4.69) is 4.72 Å². The van der Waals surface area contributed by atoms with Crippen LogP contribution in [0.5, 0.6) is 0 Å². The lowest BCUT2D eigenvalue weighted by molar-refractivity contribution is -0.119. The second-order valence-electron chi connectivity index (χ2n) is 4.47. The summed E-state index contributed by atoms with van der Waals surface area (Å²) in [6.45, 7) is 0. The molecule has 0 atom stereocenters. The van der Waals surface area contributed by atoms with E-state index in [4.69, 9.17) is 11.6 Å². The van der Waals surface area contributed by atoms with Gasteiger partial charge in [0.05, 0.1) is 4.90 Å². The molecule has 1 amide bonds. The topological polar surface area (TPSA) is 63.2 Å². The first-order valence-corrected chi connectivity index (χ1v) is 8.18. The lowest BCUT2D eigenvalue weighted by Gasteiger charge is -2.07. The monoisotopic (exact) mass is 323 g/mol. The highest BCUT2D eigenvalue weighted by Crippen LogP contribution is 2.14. The van der Waals surface area contributed by atoms with E-state index in [1.807, 2.05) is 30.3 Å². The van der Waals surface area contributed by atoms with Crippen molar-refractivity contribution >= 4 is 27.5 Å². The molecule has 0 aliphatic carbocycles. The molecule has 0 aliphatic rings. The van der Waals surface area contributed by atoms with E-state index in [9.17, 15) is 13.2 Å². The number of halogens is 1. The van der Waals surface area contributed by atoms with Crippen LogP contribution in [0.2, 0.25) is 5.02 Å². The Morgan fingerprint density at radius 3 is 2.24 bits per heavy atom. The SMILES string of the molecule is O=C(CCc1ccccc1)NS(=O)(=O)c1ccc(Cl)cc1. The van der Waals surface area contributed by atoms with Gasteiger partial charge in [0.1, 0.15) is 0 Å². The molecular formula is C15H14ClNO3S. The van der Waals surface area contributed by atoms with Crippen LogP contribution in [-0.4, -0.2) is 14.3 Å². The molecule has 110 valence electrons. The Morgan fingerprint density at radius 2 is 1.62 bits per heavy atom. The van der Waals surface area contributed by atoms with Crippen molar-refractivity contribution in [2.24, 2.45) is 0 Å². The number of aryl methyl sites for hydroxylation is 1. The van der Waals surface area contributed by atoms with Crippen LogP contribution in [0.15, 0.2) is 59.5 Å². The average molecular weight is 324 g/mol. The first-order valence-electron chi connectivity index (χ1n) is 6.32. The van der Waals surface area contributed by atoms with Gasteiger partial charge in [-0.15, -0.1) is 0 Å². The summed E-state index contributed by atoms with van der Waals surface area (Å²) in [5.74, 6) is -0.534. The Balaban J connectivity index is 1.97. The maximum absolute atomic E-state index is 12.0. The second kappa shape index (κ2) is 6.74. The maximum atomic E-state index is 12.0. The van der Waals surface area contributed by atoms with E-state index in [0.29, 0.717) is 11.4 Å². The molecule has 0 unspecified atom stereocenters. The summed E-state index contributed by atoms with van der Waals surface area (Å²) in [6.07, 6.45) is 0.597. The fraction of sp³-hybridized carbons (Fsp3) is 0.133. The number of benzene rings is 2. The molecule has 6 heteroatoms. The van der Waals surface area contributed by atoms with Gasteiger partial charge in [0.15, 0.2) is 0 Å². The fourth-order valence-electron chi connectivity index (χ4n) is 1.78. The third-order valence-electron chi connectivity index (χ3n) is 2.86. The van der Waals surface area contributed by atoms with Crippen molar-refractivity contribution in [3.63, 3.8) is 0 Å². The van der Waals surface area contributed by atoms with Crippen molar-refractivity contribution in [3.8, 4) is 0 Å². The number of rotatable bonds is 5. The van der Waals surface area contributed by atoms with Crippen LogP contribution in [-0.2, 0) is 21.2 Å². The molecule has 2 rings (SSSR count). The summed E-state index contributed by atoms with van der Waals surface area (Å²) in [7, 11) is -3.84. The second-order valence-corrected chi connectivity index (χ2v) is 6.59. The average Bonchev–Trinajstić information content (AvgIpc) is 2.46. The Labute approximate surface area is 128 Å². The van der Waals surface area contributed by atoms with Gasteiger partial charge in [-0.05, 0) is 36.2 Å². The van der Waals surface area contributed by atoms with E-state index in [1.165, 1.54) is 24.3 Å². The molecule has 0 aliphatic heterocycles. The highest BCUT2D eigenvalue weighted by molar-refractivity contribution is 7.90.